The Bertz CT molecular complexity index is 1400. The molecule has 0 unspecified atom stereocenters. The Labute approximate surface area is 183 Å². The molecule has 0 atom stereocenters. The van der Waals surface area contributed by atoms with Crippen LogP contribution in [0.1, 0.15) is 10.6 Å². The first-order valence-electron chi connectivity index (χ1n) is 8.77. The molecule has 2 heterocycles. The highest BCUT2D eigenvalue weighted by Gasteiger charge is 2.14. The zero-order valence-electron chi connectivity index (χ0n) is 15.6. The van der Waals surface area contributed by atoms with E-state index >= 15 is 0 Å². The molecule has 4 aromatic rings. The van der Waals surface area contributed by atoms with E-state index < -0.39 is 5.63 Å². The lowest BCUT2D eigenvalue weighted by Crippen LogP contribution is -2.03. The molecule has 5 nitrogen and oxygen atoms in total. The van der Waals surface area contributed by atoms with Crippen molar-refractivity contribution in [3.63, 3.8) is 0 Å². The Kier molecular flexibility index (Phi) is 5.48. The Morgan fingerprint density at radius 2 is 2.13 bits per heavy atom. The van der Waals surface area contributed by atoms with Gasteiger partial charge in [0.05, 0.1) is 11.3 Å². The van der Waals surface area contributed by atoms with Crippen LogP contribution in [0.5, 0.6) is 0 Å². The van der Waals surface area contributed by atoms with Gasteiger partial charge in [-0.1, -0.05) is 22.0 Å². The number of allylic oxidation sites excluding steroid dienone is 1. The number of anilines is 1. The van der Waals surface area contributed by atoms with Gasteiger partial charge >= 0.3 is 5.63 Å². The largest absolute Gasteiger partial charge is 0.422 e. The average Bonchev–Trinajstić information content (AvgIpc) is 3.20. The first-order valence-corrected chi connectivity index (χ1v) is 10.4. The fourth-order valence-electron chi connectivity index (χ4n) is 2.84. The van der Waals surface area contributed by atoms with Gasteiger partial charge in [-0.25, -0.2) is 14.2 Å². The number of nitrogens with zero attached hydrogens (tertiary/aromatic N) is 2. The third kappa shape index (κ3) is 4.03. The molecule has 0 bridgehead atoms. The van der Waals surface area contributed by atoms with Gasteiger partial charge < -0.3 is 9.73 Å². The molecule has 0 amide bonds. The van der Waals surface area contributed by atoms with E-state index in [1.54, 1.807) is 29.6 Å². The number of thiazole rings is 1. The minimum atomic E-state index is -0.502. The van der Waals surface area contributed by atoms with Gasteiger partial charge in [-0.2, -0.15) is 5.26 Å². The molecule has 4 rings (SSSR count). The second-order valence-electron chi connectivity index (χ2n) is 6.44. The molecule has 0 saturated heterocycles. The maximum atomic E-state index is 13.5. The fourth-order valence-corrected chi connectivity index (χ4v) is 4.00. The van der Waals surface area contributed by atoms with E-state index in [-0.39, 0.29) is 11.4 Å². The summed E-state index contributed by atoms with van der Waals surface area (Å²) < 4.78 is 19.7. The second kappa shape index (κ2) is 8.22. The molecule has 2 aromatic heterocycles. The third-order valence-corrected chi connectivity index (χ3v) is 5.77. The topological polar surface area (TPSA) is 78.9 Å². The Hall–Kier alpha value is -3.28. The van der Waals surface area contributed by atoms with Crippen molar-refractivity contribution < 1.29 is 8.81 Å². The Morgan fingerprint density at radius 3 is 2.93 bits per heavy atom. The number of benzene rings is 2. The number of nitriles is 1. The number of rotatable bonds is 4. The van der Waals surface area contributed by atoms with E-state index in [0.29, 0.717) is 27.5 Å². The summed E-state index contributed by atoms with van der Waals surface area (Å²) in [7, 11) is 0. The number of hydrogen-bond donors (Lipinski definition) is 1. The van der Waals surface area contributed by atoms with Crippen LogP contribution >= 0.6 is 27.3 Å². The maximum absolute atomic E-state index is 13.5. The molecule has 0 aliphatic rings. The lowest BCUT2D eigenvalue weighted by atomic mass is 10.1. The molecule has 0 radical (unpaired) electrons. The molecule has 8 heteroatoms. The van der Waals surface area contributed by atoms with Crippen molar-refractivity contribution >= 4 is 49.5 Å². The van der Waals surface area contributed by atoms with E-state index in [1.165, 1.54) is 29.7 Å². The van der Waals surface area contributed by atoms with Crippen molar-refractivity contribution in [2.24, 2.45) is 0 Å². The average molecular weight is 482 g/mol. The molecule has 0 spiro atoms. The minimum Gasteiger partial charge on any atom is -0.422 e. The lowest BCUT2D eigenvalue weighted by molar-refractivity contribution is 0.563. The lowest BCUT2D eigenvalue weighted by Gasteiger charge is -2.05. The van der Waals surface area contributed by atoms with Gasteiger partial charge in [-0.15, -0.1) is 11.3 Å². The van der Waals surface area contributed by atoms with E-state index in [9.17, 15) is 14.4 Å². The Morgan fingerprint density at radius 1 is 1.30 bits per heavy atom. The number of halogens is 2. The van der Waals surface area contributed by atoms with Crippen LogP contribution in [0.3, 0.4) is 0 Å². The molecule has 0 aliphatic carbocycles. The van der Waals surface area contributed by atoms with Crippen LogP contribution in [0.4, 0.5) is 10.1 Å². The summed E-state index contributed by atoms with van der Waals surface area (Å²) in [6.45, 7) is 1.83. The molecular weight excluding hydrogens is 469 g/mol. The van der Waals surface area contributed by atoms with Gasteiger partial charge in [0, 0.05) is 27.1 Å². The van der Waals surface area contributed by atoms with E-state index in [4.69, 9.17) is 4.42 Å². The zero-order valence-corrected chi connectivity index (χ0v) is 18.0. The number of nitrogens with one attached hydrogen (secondary N) is 1. The molecular formula is C22H13BrFN3O2S. The van der Waals surface area contributed by atoms with Gasteiger partial charge in [0.15, 0.2) is 0 Å². The summed E-state index contributed by atoms with van der Waals surface area (Å²) in [5.41, 5.74) is 2.38. The van der Waals surface area contributed by atoms with Crippen molar-refractivity contribution in [1.82, 2.24) is 4.98 Å². The number of aryl methyl sites for hydroxylation is 1. The summed E-state index contributed by atoms with van der Waals surface area (Å²) in [4.78, 5) is 16.8. The van der Waals surface area contributed by atoms with Crippen LogP contribution in [0.25, 0.3) is 27.8 Å². The standard InChI is InChI=1S/C22H13BrFN3O2S/c1-12-2-4-16(24)8-18(12)26-10-14(9-25)21-27-19(11-30-21)17-7-13-6-15(23)3-5-20(13)29-22(17)28/h2-8,10-11,26H,1H3. The van der Waals surface area contributed by atoms with Crippen LogP contribution < -0.4 is 10.9 Å². The molecule has 148 valence electrons. The van der Waals surface area contributed by atoms with Crippen molar-refractivity contribution in [2.45, 2.75) is 6.92 Å². The highest BCUT2D eigenvalue weighted by molar-refractivity contribution is 9.10. The second-order valence-corrected chi connectivity index (χ2v) is 8.21. The monoisotopic (exact) mass is 481 g/mol. The van der Waals surface area contributed by atoms with Crippen molar-refractivity contribution in [1.29, 1.82) is 5.26 Å². The zero-order chi connectivity index (χ0) is 21.3. The number of hydrogen-bond acceptors (Lipinski definition) is 6. The highest BCUT2D eigenvalue weighted by atomic mass is 79.9. The van der Waals surface area contributed by atoms with Crippen molar-refractivity contribution in [3.05, 3.63) is 85.3 Å². The number of fused-ring (bicyclic) bond motifs is 1. The molecule has 0 saturated carbocycles. The highest BCUT2D eigenvalue weighted by Crippen LogP contribution is 2.27. The molecule has 30 heavy (non-hydrogen) atoms. The minimum absolute atomic E-state index is 0.267. The van der Waals surface area contributed by atoms with Crippen molar-refractivity contribution in [3.8, 4) is 17.3 Å². The predicted octanol–water partition coefficient (Wildman–Crippen LogP) is 6.10. The third-order valence-electron chi connectivity index (χ3n) is 4.40. The van der Waals surface area contributed by atoms with E-state index in [0.717, 1.165) is 15.4 Å². The summed E-state index contributed by atoms with van der Waals surface area (Å²) in [5, 5.41) is 15.4. The van der Waals surface area contributed by atoms with E-state index in [2.05, 4.69) is 32.3 Å². The van der Waals surface area contributed by atoms with Crippen LogP contribution in [0, 0.1) is 24.1 Å². The van der Waals surface area contributed by atoms with Gasteiger partial charge in [0.2, 0.25) is 0 Å². The maximum Gasteiger partial charge on any atom is 0.345 e. The van der Waals surface area contributed by atoms with Crippen LogP contribution in [0.2, 0.25) is 0 Å². The molecule has 0 fully saturated rings. The van der Waals surface area contributed by atoms with Crippen LogP contribution in [-0.2, 0) is 0 Å². The quantitative estimate of drug-likeness (QED) is 0.281. The van der Waals surface area contributed by atoms with Gasteiger partial charge in [-0.3, -0.25) is 0 Å². The van der Waals surface area contributed by atoms with E-state index in [1.807, 2.05) is 13.0 Å². The Balaban J connectivity index is 1.68. The molecule has 0 aliphatic heterocycles. The summed E-state index contributed by atoms with van der Waals surface area (Å²) in [6, 6.07) is 13.5. The van der Waals surface area contributed by atoms with Crippen molar-refractivity contribution in [2.75, 3.05) is 5.32 Å². The van der Waals surface area contributed by atoms with Crippen LogP contribution in [-0.4, -0.2) is 4.98 Å². The molecule has 1 N–H and O–H groups in total. The predicted molar refractivity (Wildman–Crippen MR) is 120 cm³/mol. The van der Waals surface area contributed by atoms with Gasteiger partial charge in [0.25, 0.3) is 0 Å². The summed E-state index contributed by atoms with van der Waals surface area (Å²) in [5.74, 6) is -0.374. The normalized spacial score (nSPS) is 11.5. The first kappa shape index (κ1) is 20.0. The summed E-state index contributed by atoms with van der Waals surface area (Å²) in [6.07, 6.45) is 1.48. The molecule has 2 aromatic carbocycles. The smallest absolute Gasteiger partial charge is 0.345 e. The fraction of sp³-hybridized carbons (Fsp3) is 0.0455. The van der Waals surface area contributed by atoms with Gasteiger partial charge in [0.1, 0.15) is 28.1 Å². The number of aromatic nitrogens is 1. The van der Waals surface area contributed by atoms with Crippen LogP contribution in [0.15, 0.2) is 67.7 Å². The first-order chi connectivity index (χ1) is 14.4. The summed E-state index contributed by atoms with van der Waals surface area (Å²) >= 11 is 4.63. The van der Waals surface area contributed by atoms with Gasteiger partial charge in [-0.05, 0) is 48.9 Å². The SMILES string of the molecule is Cc1ccc(F)cc1NC=C(C#N)c1nc(-c2cc3cc(Br)ccc3oc2=O)cs1.